The van der Waals surface area contributed by atoms with Gasteiger partial charge in [-0.2, -0.15) is 5.10 Å². The van der Waals surface area contributed by atoms with E-state index in [1.807, 2.05) is 56.6 Å². The zero-order valence-corrected chi connectivity index (χ0v) is 12.8. The minimum absolute atomic E-state index is 0.678. The lowest BCUT2D eigenvalue weighted by molar-refractivity contribution is 0.261. The third-order valence-electron chi connectivity index (χ3n) is 3.52. The molecule has 0 radical (unpaired) electrons. The van der Waals surface area contributed by atoms with E-state index in [9.17, 15) is 0 Å². The molecule has 3 rings (SSSR count). The Kier molecular flexibility index (Phi) is 3.98. The fraction of sp³-hybridized carbons (Fsp3) is 0.235. The van der Waals surface area contributed by atoms with Crippen LogP contribution in [0.5, 0.6) is 5.75 Å². The number of ether oxygens (including phenoxy) is 1. The zero-order valence-electron chi connectivity index (χ0n) is 12.8. The number of hydrogen-bond acceptors (Lipinski definition) is 4. The van der Waals surface area contributed by atoms with Gasteiger partial charge in [0.15, 0.2) is 0 Å². The van der Waals surface area contributed by atoms with Gasteiger partial charge in [0.05, 0.1) is 11.2 Å². The van der Waals surface area contributed by atoms with Crippen LogP contribution in [0.2, 0.25) is 0 Å². The molecule has 3 N–H and O–H groups in total. The number of hydrogen-bond donors (Lipinski definition) is 2. The van der Waals surface area contributed by atoms with Crippen molar-refractivity contribution in [2.45, 2.75) is 0 Å². The quantitative estimate of drug-likeness (QED) is 0.710. The van der Waals surface area contributed by atoms with Crippen LogP contribution in [0.25, 0.3) is 22.2 Å². The number of anilines is 1. The van der Waals surface area contributed by atoms with Crippen molar-refractivity contribution in [2.24, 2.45) is 0 Å². The van der Waals surface area contributed by atoms with E-state index in [4.69, 9.17) is 10.5 Å². The van der Waals surface area contributed by atoms with Crippen molar-refractivity contribution in [2.75, 3.05) is 33.0 Å². The largest absolute Gasteiger partial charge is 0.492 e. The summed E-state index contributed by atoms with van der Waals surface area (Å²) in [6.07, 6.45) is 0. The van der Waals surface area contributed by atoms with Crippen LogP contribution in [0.15, 0.2) is 42.5 Å². The number of nitrogens with two attached hydrogens (primary N) is 1. The SMILES string of the molecule is CN(C)CCOc1ccc(-c2n[nH]c3cc(N)ccc23)cc1. The Labute approximate surface area is 129 Å². The Morgan fingerprint density at radius 2 is 1.91 bits per heavy atom. The maximum atomic E-state index is 5.79. The van der Waals surface area contributed by atoms with E-state index in [2.05, 4.69) is 15.1 Å². The number of benzene rings is 2. The Bertz CT molecular complexity index is 762. The van der Waals surface area contributed by atoms with Gasteiger partial charge in [-0.25, -0.2) is 0 Å². The molecule has 1 aromatic heterocycles. The number of likely N-dealkylation sites (N-methyl/N-ethyl adjacent to an activating group) is 1. The summed E-state index contributed by atoms with van der Waals surface area (Å²) in [5.41, 5.74) is 9.44. The third-order valence-corrected chi connectivity index (χ3v) is 3.52. The van der Waals surface area contributed by atoms with Crippen molar-refractivity contribution in [1.82, 2.24) is 15.1 Å². The van der Waals surface area contributed by atoms with Gasteiger partial charge in [0.1, 0.15) is 12.4 Å². The van der Waals surface area contributed by atoms with Crippen LogP contribution in [0.4, 0.5) is 5.69 Å². The van der Waals surface area contributed by atoms with Gasteiger partial charge in [0, 0.05) is 23.2 Å². The second-order valence-electron chi connectivity index (χ2n) is 5.55. The summed E-state index contributed by atoms with van der Waals surface area (Å²) in [4.78, 5) is 2.09. The highest BCUT2D eigenvalue weighted by Gasteiger charge is 2.08. The molecule has 0 unspecified atom stereocenters. The van der Waals surface area contributed by atoms with E-state index in [0.29, 0.717) is 6.61 Å². The van der Waals surface area contributed by atoms with E-state index < -0.39 is 0 Å². The lowest BCUT2D eigenvalue weighted by atomic mass is 10.1. The highest BCUT2D eigenvalue weighted by Crippen LogP contribution is 2.28. The average Bonchev–Trinajstić information content (AvgIpc) is 2.90. The first-order valence-electron chi connectivity index (χ1n) is 7.25. The number of aromatic amines is 1. The summed E-state index contributed by atoms with van der Waals surface area (Å²) in [5.74, 6) is 0.870. The number of nitrogen functional groups attached to an aromatic ring is 1. The van der Waals surface area contributed by atoms with Gasteiger partial charge >= 0.3 is 0 Å². The molecule has 0 amide bonds. The van der Waals surface area contributed by atoms with Crippen LogP contribution in [0, 0.1) is 0 Å². The molecule has 114 valence electrons. The molecule has 5 heteroatoms. The summed E-state index contributed by atoms with van der Waals surface area (Å²) in [6.45, 7) is 1.57. The lowest BCUT2D eigenvalue weighted by Gasteiger charge is -2.11. The van der Waals surface area contributed by atoms with E-state index in [1.54, 1.807) is 0 Å². The summed E-state index contributed by atoms with van der Waals surface area (Å²) in [5, 5.41) is 8.48. The first-order chi connectivity index (χ1) is 10.6. The van der Waals surface area contributed by atoms with E-state index in [1.165, 1.54) is 0 Å². The Balaban J connectivity index is 1.79. The average molecular weight is 296 g/mol. The van der Waals surface area contributed by atoms with Gasteiger partial charge in [0.2, 0.25) is 0 Å². The lowest BCUT2D eigenvalue weighted by Crippen LogP contribution is -2.19. The van der Waals surface area contributed by atoms with Gasteiger partial charge in [-0.3, -0.25) is 5.10 Å². The summed E-state index contributed by atoms with van der Waals surface area (Å²) >= 11 is 0. The molecule has 5 nitrogen and oxygen atoms in total. The van der Waals surface area contributed by atoms with Crippen LogP contribution < -0.4 is 10.5 Å². The molecule has 0 atom stereocenters. The standard InChI is InChI=1S/C17H20N4O/c1-21(2)9-10-22-14-6-3-12(4-7-14)17-15-8-5-13(18)11-16(15)19-20-17/h3-8,11H,9-10,18H2,1-2H3,(H,19,20). The Morgan fingerprint density at radius 1 is 1.14 bits per heavy atom. The first-order valence-corrected chi connectivity index (χ1v) is 7.25. The predicted molar refractivity (Wildman–Crippen MR) is 90.0 cm³/mol. The van der Waals surface area contributed by atoms with Crippen LogP contribution in [0.1, 0.15) is 0 Å². The van der Waals surface area contributed by atoms with Crippen molar-refractivity contribution in [3.05, 3.63) is 42.5 Å². The summed E-state index contributed by atoms with van der Waals surface area (Å²) < 4.78 is 5.71. The highest BCUT2D eigenvalue weighted by atomic mass is 16.5. The van der Waals surface area contributed by atoms with Gasteiger partial charge < -0.3 is 15.4 Å². The smallest absolute Gasteiger partial charge is 0.119 e. The number of nitrogens with zero attached hydrogens (tertiary/aromatic N) is 2. The topological polar surface area (TPSA) is 67.2 Å². The van der Waals surface area contributed by atoms with E-state index >= 15 is 0 Å². The van der Waals surface area contributed by atoms with Gasteiger partial charge in [-0.1, -0.05) is 0 Å². The second-order valence-corrected chi connectivity index (χ2v) is 5.55. The van der Waals surface area contributed by atoms with Crippen molar-refractivity contribution >= 4 is 16.6 Å². The third kappa shape index (κ3) is 3.04. The molecule has 0 spiro atoms. The predicted octanol–water partition coefficient (Wildman–Crippen LogP) is 2.75. The van der Waals surface area contributed by atoms with Crippen molar-refractivity contribution in [3.8, 4) is 17.0 Å². The van der Waals surface area contributed by atoms with Gasteiger partial charge in [0.25, 0.3) is 0 Å². The monoisotopic (exact) mass is 296 g/mol. The number of fused-ring (bicyclic) bond motifs is 1. The molecule has 0 aliphatic carbocycles. The van der Waals surface area contributed by atoms with Crippen molar-refractivity contribution < 1.29 is 4.74 Å². The van der Waals surface area contributed by atoms with Gasteiger partial charge in [-0.15, -0.1) is 0 Å². The molecule has 22 heavy (non-hydrogen) atoms. The molecular formula is C17H20N4O. The molecule has 0 saturated heterocycles. The molecule has 0 aliphatic rings. The van der Waals surface area contributed by atoms with Crippen molar-refractivity contribution in [3.63, 3.8) is 0 Å². The van der Waals surface area contributed by atoms with Crippen LogP contribution in [0.3, 0.4) is 0 Å². The second kappa shape index (κ2) is 6.07. The molecule has 0 fully saturated rings. The van der Waals surface area contributed by atoms with Gasteiger partial charge in [-0.05, 0) is 56.6 Å². The molecule has 3 aromatic rings. The molecule has 0 saturated carbocycles. The molecule has 0 aliphatic heterocycles. The van der Waals surface area contributed by atoms with Crippen LogP contribution in [-0.2, 0) is 0 Å². The van der Waals surface area contributed by atoms with E-state index in [0.717, 1.165) is 40.1 Å². The molecule has 2 aromatic carbocycles. The Morgan fingerprint density at radius 3 is 2.64 bits per heavy atom. The maximum absolute atomic E-state index is 5.79. The minimum atomic E-state index is 0.678. The number of nitrogens with one attached hydrogen (secondary N) is 1. The molecule has 0 bridgehead atoms. The highest BCUT2D eigenvalue weighted by molar-refractivity contribution is 5.94. The van der Waals surface area contributed by atoms with Crippen LogP contribution >= 0.6 is 0 Å². The molecular weight excluding hydrogens is 276 g/mol. The zero-order chi connectivity index (χ0) is 15.5. The van der Waals surface area contributed by atoms with E-state index in [-0.39, 0.29) is 0 Å². The maximum Gasteiger partial charge on any atom is 0.119 e. The summed E-state index contributed by atoms with van der Waals surface area (Å²) in [6, 6.07) is 13.8. The Hall–Kier alpha value is -2.53. The van der Waals surface area contributed by atoms with Crippen molar-refractivity contribution in [1.29, 1.82) is 0 Å². The fourth-order valence-electron chi connectivity index (χ4n) is 2.31. The number of rotatable bonds is 5. The summed E-state index contributed by atoms with van der Waals surface area (Å²) in [7, 11) is 4.06. The fourth-order valence-corrected chi connectivity index (χ4v) is 2.31. The minimum Gasteiger partial charge on any atom is -0.492 e. The van der Waals surface area contributed by atoms with Crippen LogP contribution in [-0.4, -0.2) is 42.3 Å². The first kappa shape index (κ1) is 14.4. The molecule has 1 heterocycles. The number of aromatic nitrogens is 2. The number of H-pyrrole nitrogens is 1. The normalized spacial score (nSPS) is 11.2.